The summed E-state index contributed by atoms with van der Waals surface area (Å²) in [6, 6.07) is 10.5. The first kappa shape index (κ1) is 7.86. The molecule has 1 aromatic heterocycles. The first-order valence-electron chi connectivity index (χ1n) is 3.89. The van der Waals surface area contributed by atoms with Crippen molar-refractivity contribution in [3.05, 3.63) is 36.0 Å². The first-order valence-corrected chi connectivity index (χ1v) is 3.89. The van der Waals surface area contributed by atoms with Crippen LogP contribution in [0.4, 0.5) is 0 Å². The fraction of sp³-hybridized carbons (Fsp3) is 0.100. The maximum absolute atomic E-state index is 11.1. The smallest absolute Gasteiger partial charge is 0.355 e. The van der Waals surface area contributed by atoms with Gasteiger partial charge in [-0.2, -0.15) is 0 Å². The highest BCUT2D eigenvalue weighted by molar-refractivity contribution is 5.94. The number of aromatic amines is 1. The van der Waals surface area contributed by atoms with Crippen molar-refractivity contribution in [3.63, 3.8) is 0 Å². The van der Waals surface area contributed by atoms with Gasteiger partial charge in [0.2, 0.25) is 0 Å². The molecule has 0 unspecified atom stereocenters. The van der Waals surface area contributed by atoms with Crippen LogP contribution >= 0.6 is 0 Å². The monoisotopic (exact) mass is 174 g/mol. The number of ether oxygens (including phenoxy) is 1. The maximum Gasteiger partial charge on any atom is 0.355 e. The number of methoxy groups -OCH3 is 1. The normalized spacial score (nSPS) is 10.2. The van der Waals surface area contributed by atoms with Gasteiger partial charge in [-0.1, -0.05) is 18.2 Å². The Labute approximate surface area is 75.3 Å². The molecule has 0 saturated carbocycles. The van der Waals surface area contributed by atoms with Crippen molar-refractivity contribution in [2.45, 2.75) is 0 Å². The van der Waals surface area contributed by atoms with Gasteiger partial charge in [0.1, 0.15) is 5.69 Å². The van der Waals surface area contributed by atoms with Crippen LogP contribution in [0, 0.1) is 6.07 Å². The van der Waals surface area contributed by atoms with Crippen LogP contribution in [0.25, 0.3) is 10.9 Å². The van der Waals surface area contributed by atoms with E-state index in [1.54, 1.807) is 0 Å². The Balaban J connectivity index is 2.56. The average Bonchev–Trinajstić information content (AvgIpc) is 2.59. The number of fused-ring (bicyclic) bond motifs is 1. The van der Waals surface area contributed by atoms with E-state index in [0.29, 0.717) is 5.69 Å². The van der Waals surface area contributed by atoms with E-state index in [4.69, 9.17) is 0 Å². The number of esters is 1. The molecule has 2 aromatic rings. The molecule has 13 heavy (non-hydrogen) atoms. The Morgan fingerprint density at radius 2 is 2.23 bits per heavy atom. The highest BCUT2D eigenvalue weighted by atomic mass is 16.5. The molecule has 1 radical (unpaired) electrons. The molecule has 0 saturated heterocycles. The van der Waals surface area contributed by atoms with Crippen molar-refractivity contribution < 1.29 is 9.53 Å². The number of rotatable bonds is 1. The van der Waals surface area contributed by atoms with E-state index in [1.807, 2.05) is 24.3 Å². The molecule has 0 bridgehead atoms. The number of carbonyl (C=O) groups excluding carboxylic acids is 1. The Morgan fingerprint density at radius 1 is 1.46 bits per heavy atom. The van der Waals surface area contributed by atoms with Crippen LogP contribution < -0.4 is 0 Å². The van der Waals surface area contributed by atoms with Crippen LogP contribution in [0.1, 0.15) is 10.5 Å². The molecule has 0 aliphatic rings. The van der Waals surface area contributed by atoms with E-state index < -0.39 is 5.97 Å². The number of hydrogen-bond acceptors (Lipinski definition) is 2. The fourth-order valence-corrected chi connectivity index (χ4v) is 1.21. The second kappa shape index (κ2) is 2.94. The van der Waals surface area contributed by atoms with Crippen molar-refractivity contribution in [1.29, 1.82) is 0 Å². The standard InChI is InChI=1S/C10H8NO2/c1-13-10(12)9-6-7-4-2-3-5-8(7)11-9/h2-5,11H,1H3. The zero-order valence-corrected chi connectivity index (χ0v) is 7.13. The predicted molar refractivity (Wildman–Crippen MR) is 48.5 cm³/mol. The third-order valence-corrected chi connectivity index (χ3v) is 1.84. The summed E-state index contributed by atoms with van der Waals surface area (Å²) in [7, 11) is 1.35. The number of nitrogens with one attached hydrogen (secondary N) is 1. The van der Waals surface area contributed by atoms with Crippen LogP contribution in [0.3, 0.4) is 0 Å². The van der Waals surface area contributed by atoms with E-state index in [0.717, 1.165) is 10.9 Å². The van der Waals surface area contributed by atoms with Gasteiger partial charge < -0.3 is 9.72 Å². The lowest BCUT2D eigenvalue weighted by molar-refractivity contribution is 0.0595. The first-order chi connectivity index (χ1) is 6.31. The molecular formula is C10H8NO2. The molecule has 0 amide bonds. The van der Waals surface area contributed by atoms with Crippen LogP contribution in [-0.4, -0.2) is 18.1 Å². The predicted octanol–water partition coefficient (Wildman–Crippen LogP) is 1.75. The third kappa shape index (κ3) is 1.28. The topological polar surface area (TPSA) is 42.1 Å². The summed E-state index contributed by atoms with van der Waals surface area (Å²) in [4.78, 5) is 14.0. The second-order valence-electron chi connectivity index (χ2n) is 2.66. The summed E-state index contributed by atoms with van der Waals surface area (Å²) in [5, 5.41) is 0.892. The number of para-hydroxylation sites is 1. The summed E-state index contributed by atoms with van der Waals surface area (Å²) < 4.78 is 4.56. The summed E-state index contributed by atoms with van der Waals surface area (Å²) in [6.07, 6.45) is 0. The van der Waals surface area contributed by atoms with E-state index in [-0.39, 0.29) is 0 Å². The Kier molecular flexibility index (Phi) is 1.77. The molecular weight excluding hydrogens is 166 g/mol. The molecule has 0 atom stereocenters. The molecule has 1 heterocycles. The number of H-pyrrole nitrogens is 1. The highest BCUT2D eigenvalue weighted by Crippen LogP contribution is 2.13. The van der Waals surface area contributed by atoms with Gasteiger partial charge in [-0.3, -0.25) is 0 Å². The van der Waals surface area contributed by atoms with Crippen LogP contribution in [0.15, 0.2) is 24.3 Å². The maximum atomic E-state index is 11.1. The van der Waals surface area contributed by atoms with Crippen LogP contribution in [0.2, 0.25) is 0 Å². The Hall–Kier alpha value is -1.77. The number of carbonyl (C=O) groups is 1. The molecule has 65 valence electrons. The third-order valence-electron chi connectivity index (χ3n) is 1.84. The zero-order valence-electron chi connectivity index (χ0n) is 7.13. The summed E-state index contributed by atoms with van der Waals surface area (Å²) in [6.45, 7) is 0. The molecule has 0 aliphatic carbocycles. The highest BCUT2D eigenvalue weighted by Gasteiger charge is 2.08. The van der Waals surface area contributed by atoms with E-state index in [2.05, 4.69) is 15.8 Å². The van der Waals surface area contributed by atoms with E-state index in [9.17, 15) is 4.79 Å². The van der Waals surface area contributed by atoms with Gasteiger partial charge >= 0.3 is 5.97 Å². The molecule has 1 aromatic carbocycles. The van der Waals surface area contributed by atoms with Gasteiger partial charge in [0, 0.05) is 17.0 Å². The van der Waals surface area contributed by atoms with Gasteiger partial charge in [0.25, 0.3) is 0 Å². The molecule has 0 spiro atoms. The van der Waals surface area contributed by atoms with Crippen molar-refractivity contribution in [1.82, 2.24) is 4.98 Å². The molecule has 2 rings (SSSR count). The molecule has 1 N–H and O–H groups in total. The molecule has 3 nitrogen and oxygen atoms in total. The lowest BCUT2D eigenvalue weighted by Crippen LogP contribution is -2.00. The van der Waals surface area contributed by atoms with E-state index >= 15 is 0 Å². The Morgan fingerprint density at radius 3 is 2.92 bits per heavy atom. The zero-order chi connectivity index (χ0) is 9.26. The SMILES string of the molecule is COC(=O)c1[c]c2ccccc2[nH]1. The second-order valence-corrected chi connectivity index (χ2v) is 2.66. The molecule has 0 fully saturated rings. The van der Waals surface area contributed by atoms with Crippen molar-refractivity contribution >= 4 is 16.9 Å². The van der Waals surface area contributed by atoms with Crippen molar-refractivity contribution in [2.75, 3.05) is 7.11 Å². The summed E-state index contributed by atoms with van der Waals surface area (Å²) >= 11 is 0. The Bertz CT molecular complexity index is 412. The van der Waals surface area contributed by atoms with Gasteiger partial charge in [0.05, 0.1) is 7.11 Å². The quantitative estimate of drug-likeness (QED) is 0.669. The van der Waals surface area contributed by atoms with Gasteiger partial charge in [0.15, 0.2) is 0 Å². The van der Waals surface area contributed by atoms with Gasteiger partial charge in [-0.15, -0.1) is 0 Å². The number of aromatic nitrogens is 1. The lowest BCUT2D eigenvalue weighted by Gasteiger charge is -1.91. The minimum Gasteiger partial charge on any atom is -0.464 e. The summed E-state index contributed by atoms with van der Waals surface area (Å²) in [5.41, 5.74) is 1.26. The van der Waals surface area contributed by atoms with Crippen molar-refractivity contribution in [2.24, 2.45) is 0 Å². The van der Waals surface area contributed by atoms with Crippen molar-refractivity contribution in [3.8, 4) is 0 Å². The minimum atomic E-state index is -0.392. The number of benzene rings is 1. The van der Waals surface area contributed by atoms with Crippen LogP contribution in [-0.2, 0) is 4.74 Å². The molecule has 0 aliphatic heterocycles. The lowest BCUT2D eigenvalue weighted by atomic mass is 10.2. The fourth-order valence-electron chi connectivity index (χ4n) is 1.21. The average molecular weight is 174 g/mol. The van der Waals surface area contributed by atoms with Gasteiger partial charge in [-0.05, 0) is 6.07 Å². The number of hydrogen-bond donors (Lipinski definition) is 1. The molecule has 3 heteroatoms. The summed E-state index contributed by atoms with van der Waals surface area (Å²) in [5.74, 6) is -0.392. The van der Waals surface area contributed by atoms with Crippen LogP contribution in [0.5, 0.6) is 0 Å². The largest absolute Gasteiger partial charge is 0.464 e. The minimum absolute atomic E-state index is 0.365. The van der Waals surface area contributed by atoms with Gasteiger partial charge in [-0.25, -0.2) is 4.79 Å². The van der Waals surface area contributed by atoms with E-state index in [1.165, 1.54) is 7.11 Å².